The second-order valence-corrected chi connectivity index (χ2v) is 12.1. The maximum atomic E-state index is 13.0. The number of amides is 2. The van der Waals surface area contributed by atoms with Crippen LogP contribution in [0.3, 0.4) is 0 Å². The zero-order chi connectivity index (χ0) is 24.4. The maximum absolute atomic E-state index is 13.0. The summed E-state index contributed by atoms with van der Waals surface area (Å²) in [5.74, 6) is -0.327. The molecule has 0 atom stereocenters. The predicted octanol–water partition coefficient (Wildman–Crippen LogP) is 7.03. The summed E-state index contributed by atoms with van der Waals surface area (Å²) >= 11 is 3.47. The molecule has 0 aliphatic carbocycles. The lowest BCUT2D eigenvalue weighted by Crippen LogP contribution is -2.45. The standard InChI is InChI=1S/C30H19N3O2S2/c34-28-21(29(35)32-13-4-3-12-31(28)32)14-17-15-23-27(36-17)25-20-8-5-6-16-10-11-19-18-7-1-2-9-22(18)33(30(25)37-23)26(19)24(16)20/h1-2,5-11,14-15H,3-4,12-13H2. The molecule has 2 fully saturated rings. The minimum absolute atomic E-state index is 0.164. The number of aromatic nitrogens is 1. The number of rotatable bonds is 1. The Bertz CT molecular complexity index is 2140. The van der Waals surface area contributed by atoms with Gasteiger partial charge in [0.25, 0.3) is 11.8 Å². The van der Waals surface area contributed by atoms with E-state index in [4.69, 9.17) is 0 Å². The van der Waals surface area contributed by atoms with Gasteiger partial charge in [-0.3, -0.25) is 14.0 Å². The van der Waals surface area contributed by atoms with Crippen LogP contribution in [0.4, 0.5) is 0 Å². The van der Waals surface area contributed by atoms with Crippen molar-refractivity contribution in [3.63, 3.8) is 0 Å². The number of thiophene rings is 2. The lowest BCUT2D eigenvalue weighted by molar-refractivity contribution is -0.150. The van der Waals surface area contributed by atoms with E-state index in [9.17, 15) is 9.59 Å². The molecule has 0 saturated carbocycles. The van der Waals surface area contributed by atoms with Gasteiger partial charge in [-0.2, -0.15) is 0 Å². The van der Waals surface area contributed by atoms with Crippen LogP contribution in [0.2, 0.25) is 0 Å². The largest absolute Gasteiger partial charge is 0.299 e. The Balaban J connectivity index is 1.35. The summed E-state index contributed by atoms with van der Waals surface area (Å²) in [6.07, 6.45) is 3.70. The fourth-order valence-electron chi connectivity index (χ4n) is 6.43. The molecule has 2 saturated heterocycles. The van der Waals surface area contributed by atoms with Crippen molar-refractivity contribution in [1.82, 2.24) is 14.4 Å². The SMILES string of the molecule is O=C1C(=Cc2cc3sc4c(c5cccc6ccc7c8ccccc8n4c7c65)c3s2)C(=O)N2CCCCN12. The molecule has 0 N–H and O–H groups in total. The molecular weight excluding hydrogens is 498 g/mol. The summed E-state index contributed by atoms with van der Waals surface area (Å²) in [5.41, 5.74) is 2.80. The van der Waals surface area contributed by atoms with E-state index in [2.05, 4.69) is 65.1 Å². The van der Waals surface area contributed by atoms with Crippen molar-refractivity contribution in [2.24, 2.45) is 0 Å². The summed E-state index contributed by atoms with van der Waals surface area (Å²) < 4.78 is 4.85. The highest BCUT2D eigenvalue weighted by Gasteiger charge is 2.41. The molecule has 7 heteroatoms. The molecule has 9 rings (SSSR count). The van der Waals surface area contributed by atoms with Gasteiger partial charge in [0, 0.05) is 44.2 Å². The number of pyridine rings is 1. The van der Waals surface area contributed by atoms with Gasteiger partial charge in [-0.15, -0.1) is 22.7 Å². The van der Waals surface area contributed by atoms with E-state index in [1.807, 2.05) is 6.08 Å². The highest BCUT2D eigenvalue weighted by atomic mass is 32.1. The Hall–Kier alpha value is -3.94. The molecule has 5 nitrogen and oxygen atoms in total. The van der Waals surface area contributed by atoms with Gasteiger partial charge >= 0.3 is 0 Å². The van der Waals surface area contributed by atoms with Crippen molar-refractivity contribution in [3.8, 4) is 0 Å². The number of para-hydroxylation sites is 1. The van der Waals surface area contributed by atoms with Gasteiger partial charge in [0.15, 0.2) is 0 Å². The van der Waals surface area contributed by atoms with Crippen LogP contribution >= 0.6 is 22.7 Å². The van der Waals surface area contributed by atoms with E-state index in [0.717, 1.165) is 17.7 Å². The summed E-state index contributed by atoms with van der Waals surface area (Å²) in [6.45, 7) is 1.25. The third-order valence-corrected chi connectivity index (χ3v) is 10.4. The second kappa shape index (κ2) is 6.88. The monoisotopic (exact) mass is 517 g/mol. The number of carbonyl (C=O) groups excluding carboxylic acids is 2. The minimum atomic E-state index is -0.164. The number of hydrogen-bond acceptors (Lipinski definition) is 4. The molecule has 178 valence electrons. The second-order valence-electron chi connectivity index (χ2n) is 9.96. The molecule has 0 spiro atoms. The van der Waals surface area contributed by atoms with Crippen molar-refractivity contribution in [2.75, 3.05) is 13.1 Å². The number of nitrogens with zero attached hydrogens (tertiary/aromatic N) is 3. The molecule has 2 aliphatic rings. The zero-order valence-corrected chi connectivity index (χ0v) is 21.3. The Morgan fingerprint density at radius 3 is 2.38 bits per heavy atom. The Morgan fingerprint density at radius 1 is 0.757 bits per heavy atom. The zero-order valence-electron chi connectivity index (χ0n) is 19.7. The smallest absolute Gasteiger partial charge is 0.278 e. The predicted molar refractivity (Wildman–Crippen MR) is 153 cm³/mol. The van der Waals surface area contributed by atoms with Gasteiger partial charge in [0.2, 0.25) is 0 Å². The van der Waals surface area contributed by atoms with Crippen molar-refractivity contribution < 1.29 is 9.59 Å². The van der Waals surface area contributed by atoms with Crippen LogP contribution < -0.4 is 0 Å². The first-order chi connectivity index (χ1) is 18.2. The van der Waals surface area contributed by atoms with Crippen LogP contribution in [0.5, 0.6) is 0 Å². The van der Waals surface area contributed by atoms with Gasteiger partial charge in [0.05, 0.1) is 15.7 Å². The summed E-state index contributed by atoms with van der Waals surface area (Å²) in [4.78, 5) is 28.2. The van der Waals surface area contributed by atoms with Crippen LogP contribution in [-0.4, -0.2) is 39.3 Å². The van der Waals surface area contributed by atoms with E-state index in [1.165, 1.54) is 57.6 Å². The average Bonchev–Trinajstić information content (AvgIpc) is 3.64. The Kier molecular flexibility index (Phi) is 3.75. The van der Waals surface area contributed by atoms with E-state index in [1.54, 1.807) is 32.7 Å². The fourth-order valence-corrected chi connectivity index (χ4v) is 9.06. The fraction of sp³-hybridized carbons (Fsp3) is 0.133. The number of carbonyl (C=O) groups is 2. The van der Waals surface area contributed by atoms with Gasteiger partial charge in [-0.05, 0) is 41.8 Å². The molecule has 0 radical (unpaired) electrons. The Labute approximate surface area is 218 Å². The van der Waals surface area contributed by atoms with Crippen LogP contribution in [0.15, 0.2) is 66.2 Å². The summed E-state index contributed by atoms with van der Waals surface area (Å²) in [7, 11) is 0. The van der Waals surface area contributed by atoms with Crippen LogP contribution in [0.1, 0.15) is 17.7 Å². The molecule has 4 aromatic heterocycles. The number of hydrogen-bond donors (Lipinski definition) is 0. The first-order valence-electron chi connectivity index (χ1n) is 12.6. The minimum Gasteiger partial charge on any atom is -0.299 e. The average molecular weight is 518 g/mol. The van der Waals surface area contributed by atoms with Gasteiger partial charge in [0.1, 0.15) is 10.4 Å². The number of hydrazine groups is 1. The molecule has 2 aliphatic heterocycles. The molecule has 7 aromatic rings. The molecule has 37 heavy (non-hydrogen) atoms. The molecule has 0 bridgehead atoms. The van der Waals surface area contributed by atoms with Gasteiger partial charge < -0.3 is 0 Å². The molecular formula is C30H19N3O2S2. The summed E-state index contributed by atoms with van der Waals surface area (Å²) in [6, 6.07) is 21.9. The van der Waals surface area contributed by atoms with Crippen molar-refractivity contribution in [2.45, 2.75) is 12.8 Å². The topological polar surface area (TPSA) is 45.0 Å². The van der Waals surface area contributed by atoms with Crippen molar-refractivity contribution >= 4 is 98.1 Å². The Morgan fingerprint density at radius 2 is 1.54 bits per heavy atom. The quantitative estimate of drug-likeness (QED) is 0.173. The van der Waals surface area contributed by atoms with Crippen LogP contribution in [-0.2, 0) is 9.59 Å². The maximum Gasteiger partial charge on any atom is 0.278 e. The number of fused-ring (bicyclic) bond motifs is 9. The van der Waals surface area contributed by atoms with E-state index in [0.29, 0.717) is 13.1 Å². The van der Waals surface area contributed by atoms with Gasteiger partial charge in [-0.25, -0.2) is 10.0 Å². The lowest BCUT2D eigenvalue weighted by Gasteiger charge is -2.31. The molecule has 0 unspecified atom stereocenters. The highest BCUT2D eigenvalue weighted by molar-refractivity contribution is 7.33. The van der Waals surface area contributed by atoms with Crippen LogP contribution in [0, 0.1) is 0 Å². The van der Waals surface area contributed by atoms with E-state index in [-0.39, 0.29) is 17.4 Å². The first kappa shape index (κ1) is 20.2. The third-order valence-electron chi connectivity index (χ3n) is 8.01. The molecule has 2 amide bonds. The number of benzene rings is 3. The first-order valence-corrected chi connectivity index (χ1v) is 14.2. The van der Waals surface area contributed by atoms with Crippen molar-refractivity contribution in [3.05, 3.63) is 71.1 Å². The normalized spacial score (nSPS) is 16.7. The molecule has 3 aromatic carbocycles. The van der Waals surface area contributed by atoms with E-state index < -0.39 is 0 Å². The lowest BCUT2D eigenvalue weighted by atomic mass is 10.0. The van der Waals surface area contributed by atoms with E-state index >= 15 is 0 Å². The third kappa shape index (κ3) is 2.44. The summed E-state index contributed by atoms with van der Waals surface area (Å²) in [5, 5.41) is 10.9. The highest BCUT2D eigenvalue weighted by Crippen LogP contribution is 2.48. The molecule has 6 heterocycles. The van der Waals surface area contributed by atoms with Gasteiger partial charge in [-0.1, -0.05) is 48.5 Å². The van der Waals surface area contributed by atoms with Crippen molar-refractivity contribution in [1.29, 1.82) is 0 Å². The van der Waals surface area contributed by atoms with Crippen LogP contribution in [0.25, 0.3) is 63.7 Å².